The number of benzene rings is 1. The first-order chi connectivity index (χ1) is 13.9. The number of amides is 1. The van der Waals surface area contributed by atoms with E-state index in [1.807, 2.05) is 51.1 Å². The minimum atomic E-state index is -0.417. The van der Waals surface area contributed by atoms with Crippen molar-refractivity contribution in [2.75, 3.05) is 5.75 Å². The van der Waals surface area contributed by atoms with E-state index in [2.05, 4.69) is 14.7 Å². The second-order valence-corrected chi connectivity index (χ2v) is 9.36. The predicted octanol–water partition coefficient (Wildman–Crippen LogP) is 5.08. The number of hydrogen-bond acceptors (Lipinski definition) is 5. The maximum atomic E-state index is 12.6. The van der Waals surface area contributed by atoms with Crippen LogP contribution in [0.4, 0.5) is 0 Å². The highest BCUT2D eigenvalue weighted by Gasteiger charge is 2.35. The van der Waals surface area contributed by atoms with Crippen LogP contribution in [0.5, 0.6) is 0 Å². The van der Waals surface area contributed by atoms with Gasteiger partial charge >= 0.3 is 0 Å². The monoisotopic (exact) mass is 443 g/mol. The van der Waals surface area contributed by atoms with Crippen molar-refractivity contribution in [2.24, 2.45) is 10.1 Å². The Kier molecular flexibility index (Phi) is 5.42. The minimum Gasteiger partial charge on any atom is -0.318 e. The molecule has 0 bridgehead atoms. The van der Waals surface area contributed by atoms with Gasteiger partial charge in [0.05, 0.1) is 5.57 Å². The van der Waals surface area contributed by atoms with Gasteiger partial charge in [-0.1, -0.05) is 36.4 Å². The average molecular weight is 444 g/mol. The Morgan fingerprint density at radius 3 is 2.83 bits per heavy atom. The van der Waals surface area contributed by atoms with Gasteiger partial charge in [0.1, 0.15) is 0 Å². The Morgan fingerprint density at radius 1 is 1.31 bits per heavy atom. The van der Waals surface area contributed by atoms with Crippen molar-refractivity contribution in [2.45, 2.75) is 20.8 Å². The Balaban J connectivity index is 1.73. The third-order valence-corrected chi connectivity index (χ3v) is 6.70. The summed E-state index contributed by atoms with van der Waals surface area (Å²) in [5.74, 6) is 0.498. The first-order valence-corrected chi connectivity index (χ1v) is 11.1. The molecule has 4 rings (SSSR count). The Morgan fingerprint density at radius 2 is 2.10 bits per heavy atom. The molecule has 6 nitrogen and oxygen atoms in total. The summed E-state index contributed by atoms with van der Waals surface area (Å²) in [5, 5.41) is 15.5. The SMILES string of the molecule is CCSC1=NN2C(=N)C(=Cc3cc(C)n(-c4cccc(Cl)c4)c3C)C(=O)N=C2S1. The fourth-order valence-electron chi connectivity index (χ4n) is 3.26. The van der Waals surface area contributed by atoms with Gasteiger partial charge < -0.3 is 4.57 Å². The molecule has 1 amide bonds. The summed E-state index contributed by atoms with van der Waals surface area (Å²) in [4.78, 5) is 16.8. The van der Waals surface area contributed by atoms with Gasteiger partial charge in [0, 0.05) is 22.1 Å². The fourth-order valence-corrected chi connectivity index (χ4v) is 5.27. The molecule has 2 aliphatic rings. The Hall–Kier alpha value is -2.29. The average Bonchev–Trinajstić information content (AvgIpc) is 3.19. The lowest BCUT2D eigenvalue weighted by molar-refractivity contribution is -0.114. The summed E-state index contributed by atoms with van der Waals surface area (Å²) in [5.41, 5.74) is 3.99. The lowest BCUT2D eigenvalue weighted by Crippen LogP contribution is -2.35. The van der Waals surface area contributed by atoms with Crippen LogP contribution in [0.15, 0.2) is 46.0 Å². The molecule has 0 atom stereocenters. The molecule has 0 saturated carbocycles. The van der Waals surface area contributed by atoms with Crippen molar-refractivity contribution >= 4 is 62.5 Å². The van der Waals surface area contributed by atoms with Crippen LogP contribution in [-0.2, 0) is 4.79 Å². The predicted molar refractivity (Wildman–Crippen MR) is 123 cm³/mol. The summed E-state index contributed by atoms with van der Waals surface area (Å²) in [6.07, 6.45) is 1.72. The van der Waals surface area contributed by atoms with Crippen molar-refractivity contribution in [3.63, 3.8) is 0 Å². The zero-order valence-electron chi connectivity index (χ0n) is 16.1. The summed E-state index contributed by atoms with van der Waals surface area (Å²) < 4.78 is 2.87. The minimum absolute atomic E-state index is 0.0479. The number of hydrazone groups is 1. The van der Waals surface area contributed by atoms with Gasteiger partial charge in [-0.25, -0.2) is 0 Å². The van der Waals surface area contributed by atoms with E-state index in [-0.39, 0.29) is 11.4 Å². The third-order valence-electron chi connectivity index (χ3n) is 4.54. The molecular weight excluding hydrogens is 426 g/mol. The highest BCUT2D eigenvalue weighted by molar-refractivity contribution is 8.45. The Bertz CT molecular complexity index is 1130. The topological polar surface area (TPSA) is 73.8 Å². The summed E-state index contributed by atoms with van der Waals surface area (Å²) >= 11 is 9.05. The molecule has 1 aromatic carbocycles. The molecule has 2 aromatic rings. The van der Waals surface area contributed by atoms with Gasteiger partial charge in [-0.15, -0.1) is 5.10 Å². The van der Waals surface area contributed by atoms with Crippen LogP contribution in [0, 0.1) is 19.3 Å². The number of halogens is 1. The largest absolute Gasteiger partial charge is 0.318 e. The normalized spacial score (nSPS) is 17.7. The van der Waals surface area contributed by atoms with Crippen molar-refractivity contribution < 1.29 is 4.79 Å². The molecule has 0 radical (unpaired) electrons. The number of aliphatic imine (C=N–C) groups is 1. The number of aryl methyl sites for hydroxylation is 1. The van der Waals surface area contributed by atoms with Crippen LogP contribution in [-0.4, -0.2) is 36.6 Å². The van der Waals surface area contributed by atoms with Crippen molar-refractivity contribution in [1.82, 2.24) is 9.58 Å². The van der Waals surface area contributed by atoms with E-state index >= 15 is 0 Å². The van der Waals surface area contributed by atoms with Crippen LogP contribution in [0.25, 0.3) is 11.8 Å². The van der Waals surface area contributed by atoms with Crippen LogP contribution in [0.2, 0.25) is 5.02 Å². The van der Waals surface area contributed by atoms with Gasteiger partial charge in [-0.3, -0.25) is 10.2 Å². The number of aromatic nitrogens is 1. The highest BCUT2D eigenvalue weighted by atomic mass is 35.5. The van der Waals surface area contributed by atoms with Gasteiger partial charge in [-0.05, 0) is 67.3 Å². The van der Waals surface area contributed by atoms with Gasteiger partial charge in [-0.2, -0.15) is 10.0 Å². The van der Waals surface area contributed by atoms with Crippen LogP contribution in [0.1, 0.15) is 23.9 Å². The lowest BCUT2D eigenvalue weighted by atomic mass is 10.1. The zero-order valence-corrected chi connectivity index (χ0v) is 18.5. The van der Waals surface area contributed by atoms with Crippen LogP contribution >= 0.6 is 35.1 Å². The quantitative estimate of drug-likeness (QED) is 0.671. The van der Waals surface area contributed by atoms with Crippen LogP contribution < -0.4 is 0 Å². The molecule has 0 spiro atoms. The van der Waals surface area contributed by atoms with E-state index < -0.39 is 5.91 Å². The second kappa shape index (κ2) is 7.85. The summed E-state index contributed by atoms with van der Waals surface area (Å²) in [6.45, 7) is 6.01. The number of hydrogen-bond donors (Lipinski definition) is 1. The molecule has 0 fully saturated rings. The molecule has 1 aromatic heterocycles. The number of thioether (sulfide) groups is 2. The molecular formula is C20H18ClN5OS2. The van der Waals surface area contributed by atoms with E-state index in [0.29, 0.717) is 10.2 Å². The van der Waals surface area contributed by atoms with E-state index in [1.165, 1.54) is 16.8 Å². The molecule has 2 aliphatic heterocycles. The fraction of sp³-hybridized carbons (Fsp3) is 0.200. The number of nitrogens with one attached hydrogen (secondary N) is 1. The van der Waals surface area contributed by atoms with E-state index in [1.54, 1.807) is 17.8 Å². The number of nitrogens with zero attached hydrogens (tertiary/aromatic N) is 4. The maximum absolute atomic E-state index is 12.6. The molecule has 0 saturated heterocycles. The van der Waals surface area contributed by atoms with Gasteiger partial charge in [0.25, 0.3) is 5.91 Å². The number of fused-ring (bicyclic) bond motifs is 1. The molecule has 0 unspecified atom stereocenters. The second-order valence-electron chi connectivity index (χ2n) is 6.46. The molecule has 3 heterocycles. The van der Waals surface area contributed by atoms with E-state index in [4.69, 9.17) is 17.0 Å². The first kappa shape index (κ1) is 20.0. The molecule has 9 heteroatoms. The van der Waals surface area contributed by atoms with Crippen molar-refractivity contribution in [3.05, 3.63) is 57.9 Å². The van der Waals surface area contributed by atoms with E-state index in [0.717, 1.165) is 32.8 Å². The zero-order chi connectivity index (χ0) is 20.7. The van der Waals surface area contributed by atoms with Crippen molar-refractivity contribution in [3.8, 4) is 5.69 Å². The van der Waals surface area contributed by atoms with Gasteiger partial charge in [0.15, 0.2) is 10.2 Å². The molecule has 1 N–H and O–H groups in total. The standard InChI is InChI=1S/C20H18ClN5OS2/c1-4-28-20-24-26-17(22)16(18(27)23-19(26)29-20)9-13-8-11(2)25(12(13)3)15-7-5-6-14(21)10-15/h5-10,22H,4H2,1-3H3. The molecule has 148 valence electrons. The third kappa shape index (κ3) is 3.68. The smallest absolute Gasteiger partial charge is 0.283 e. The summed E-state index contributed by atoms with van der Waals surface area (Å²) in [6, 6.07) is 9.60. The lowest BCUT2D eigenvalue weighted by Gasteiger charge is -2.20. The van der Waals surface area contributed by atoms with Crippen LogP contribution in [0.3, 0.4) is 0 Å². The molecule has 0 aliphatic carbocycles. The number of amidine groups is 2. The first-order valence-electron chi connectivity index (χ1n) is 8.97. The number of carbonyl (C=O) groups is 1. The number of carbonyl (C=O) groups excluding carboxylic acids is 1. The highest BCUT2D eigenvalue weighted by Crippen LogP contribution is 2.33. The van der Waals surface area contributed by atoms with Gasteiger partial charge in [0.2, 0.25) is 5.17 Å². The Labute approximate surface area is 182 Å². The van der Waals surface area contributed by atoms with E-state index in [9.17, 15) is 4.79 Å². The maximum Gasteiger partial charge on any atom is 0.283 e. The molecule has 29 heavy (non-hydrogen) atoms. The van der Waals surface area contributed by atoms with Crippen molar-refractivity contribution in [1.29, 1.82) is 5.41 Å². The number of rotatable bonds is 3. The summed E-state index contributed by atoms with van der Waals surface area (Å²) in [7, 11) is 0.